The molecule has 2 N–H and O–H groups in total. The molecule has 0 bridgehead atoms. The van der Waals surface area contributed by atoms with Crippen LogP contribution in [0.2, 0.25) is 5.02 Å². The summed E-state index contributed by atoms with van der Waals surface area (Å²) in [6.07, 6.45) is -4.03. The van der Waals surface area contributed by atoms with E-state index in [9.17, 15) is 22.8 Å². The summed E-state index contributed by atoms with van der Waals surface area (Å²) in [5, 5.41) is 11.6. The Morgan fingerprint density at radius 2 is 2.06 bits per heavy atom. The average Bonchev–Trinajstić information content (AvgIpc) is 3.05. The van der Waals surface area contributed by atoms with Crippen LogP contribution in [0, 0.1) is 0 Å². The van der Waals surface area contributed by atoms with Crippen molar-refractivity contribution in [1.82, 2.24) is 9.88 Å². The van der Waals surface area contributed by atoms with Crippen LogP contribution in [-0.4, -0.2) is 53.7 Å². The maximum absolute atomic E-state index is 12.8. The minimum atomic E-state index is -4.62. The smallest absolute Gasteiger partial charge is 0.417 e. The molecule has 170 valence electrons. The average molecular weight is 472 g/mol. The van der Waals surface area contributed by atoms with Crippen molar-refractivity contribution in [3.63, 3.8) is 0 Å². The molecule has 0 fully saturated rings. The van der Waals surface area contributed by atoms with Crippen LogP contribution in [0.1, 0.15) is 5.56 Å². The van der Waals surface area contributed by atoms with Crippen LogP contribution in [0.25, 0.3) is 0 Å². The molecule has 12 heteroatoms. The van der Waals surface area contributed by atoms with E-state index in [2.05, 4.69) is 10.3 Å². The number of anilines is 1. The number of methoxy groups -OCH3 is 1. The Balaban J connectivity index is 1.91. The van der Waals surface area contributed by atoms with Crippen LogP contribution >= 0.6 is 11.6 Å². The van der Waals surface area contributed by atoms with Crippen molar-refractivity contribution in [3.8, 4) is 11.6 Å². The number of ether oxygens (including phenoxy) is 2. The van der Waals surface area contributed by atoms with E-state index in [1.165, 1.54) is 24.1 Å². The van der Waals surface area contributed by atoms with Crippen LogP contribution in [0.4, 0.5) is 18.9 Å². The normalized spacial score (nSPS) is 14.1. The molecule has 0 radical (unpaired) electrons. The summed E-state index contributed by atoms with van der Waals surface area (Å²) in [7, 11) is 1.17. The number of benzene rings is 1. The van der Waals surface area contributed by atoms with Gasteiger partial charge in [-0.05, 0) is 18.2 Å². The number of esters is 1. The third kappa shape index (κ3) is 4.94. The Bertz CT molecular complexity index is 1070. The summed E-state index contributed by atoms with van der Waals surface area (Å²) < 4.78 is 48.8. The number of carbonyl (C=O) groups is 2. The molecule has 1 aromatic heterocycles. The lowest BCUT2D eigenvalue weighted by Gasteiger charge is -2.16. The molecule has 0 unspecified atom stereocenters. The standard InChI is InChI=1S/C20H17ClF3N3O5/c1-31-19(30)12-10-27(6-7-28)18(29)16(12)26-14-4-2-3-5-15(14)32-17-13(21)8-11(9-25-17)20(22,23)24/h2-5,8-9,26,28H,6-7,10H2,1H3. The maximum Gasteiger partial charge on any atom is 0.417 e. The molecule has 2 heterocycles. The Morgan fingerprint density at radius 3 is 2.69 bits per heavy atom. The molecule has 3 rings (SSSR count). The van der Waals surface area contributed by atoms with Crippen molar-refractivity contribution in [1.29, 1.82) is 0 Å². The van der Waals surface area contributed by atoms with Crippen molar-refractivity contribution in [2.24, 2.45) is 0 Å². The molecule has 0 atom stereocenters. The number of para-hydroxylation sites is 2. The van der Waals surface area contributed by atoms with Crippen LogP contribution in [0.15, 0.2) is 47.8 Å². The molecule has 1 amide bonds. The van der Waals surface area contributed by atoms with E-state index < -0.39 is 23.6 Å². The molecule has 1 aliphatic rings. The Labute approximate surface area is 185 Å². The molecular formula is C20H17ClF3N3O5. The third-order valence-corrected chi connectivity index (χ3v) is 4.71. The number of β-amino-alcohol motifs (C(OH)–C–C–N with tert-alkyl or cyclic N) is 1. The number of nitrogens with one attached hydrogen (secondary N) is 1. The number of rotatable bonds is 7. The van der Waals surface area contributed by atoms with Gasteiger partial charge in [-0.3, -0.25) is 4.79 Å². The first kappa shape index (κ1) is 23.4. The predicted molar refractivity (Wildman–Crippen MR) is 107 cm³/mol. The van der Waals surface area contributed by atoms with E-state index in [0.29, 0.717) is 12.3 Å². The second kappa shape index (κ2) is 9.45. The van der Waals surface area contributed by atoms with Gasteiger partial charge in [-0.15, -0.1) is 0 Å². The second-order valence-corrected chi connectivity index (χ2v) is 6.93. The number of aliphatic hydroxyl groups excluding tert-OH is 1. The van der Waals surface area contributed by atoms with E-state index in [1.807, 2.05) is 0 Å². The second-order valence-electron chi connectivity index (χ2n) is 6.53. The van der Waals surface area contributed by atoms with Crippen molar-refractivity contribution in [2.45, 2.75) is 6.18 Å². The number of pyridine rings is 1. The maximum atomic E-state index is 12.8. The zero-order valence-corrected chi connectivity index (χ0v) is 17.3. The molecule has 0 aliphatic carbocycles. The first-order valence-electron chi connectivity index (χ1n) is 9.14. The lowest BCUT2D eigenvalue weighted by Crippen LogP contribution is -2.31. The van der Waals surface area contributed by atoms with Gasteiger partial charge in [0.05, 0.1) is 37.1 Å². The first-order valence-corrected chi connectivity index (χ1v) is 9.51. The van der Waals surface area contributed by atoms with Crippen molar-refractivity contribution in [3.05, 3.63) is 58.4 Å². The molecule has 1 aromatic carbocycles. The van der Waals surface area contributed by atoms with Crippen LogP contribution in [0.5, 0.6) is 11.6 Å². The number of alkyl halides is 3. The monoisotopic (exact) mass is 471 g/mol. The summed E-state index contributed by atoms with van der Waals surface area (Å²) in [4.78, 5) is 29.7. The number of aliphatic hydroxyl groups is 1. The number of amides is 1. The molecule has 2 aromatic rings. The summed E-state index contributed by atoms with van der Waals surface area (Å²) in [5.41, 5.74) is -0.838. The first-order chi connectivity index (χ1) is 15.2. The van der Waals surface area contributed by atoms with Gasteiger partial charge in [0.15, 0.2) is 5.75 Å². The number of aromatic nitrogens is 1. The zero-order chi connectivity index (χ0) is 23.5. The molecule has 8 nitrogen and oxygen atoms in total. The van der Waals surface area contributed by atoms with Crippen molar-refractivity contribution < 1.29 is 37.3 Å². The number of carbonyl (C=O) groups excluding carboxylic acids is 2. The van der Waals surface area contributed by atoms with Gasteiger partial charge in [0, 0.05) is 12.7 Å². The fraction of sp³-hybridized carbons (Fsp3) is 0.250. The minimum Gasteiger partial charge on any atom is -0.466 e. The van der Waals surface area contributed by atoms with Gasteiger partial charge in [0.2, 0.25) is 5.88 Å². The highest BCUT2D eigenvalue weighted by Crippen LogP contribution is 2.37. The van der Waals surface area contributed by atoms with Gasteiger partial charge in [-0.2, -0.15) is 13.2 Å². The fourth-order valence-corrected chi connectivity index (χ4v) is 3.11. The summed E-state index contributed by atoms with van der Waals surface area (Å²) in [5.74, 6) is -1.46. The number of halogens is 4. The van der Waals surface area contributed by atoms with Gasteiger partial charge in [-0.1, -0.05) is 23.7 Å². The molecular weight excluding hydrogens is 455 g/mol. The van der Waals surface area contributed by atoms with Crippen molar-refractivity contribution >= 4 is 29.2 Å². The van der Waals surface area contributed by atoms with Gasteiger partial charge < -0.3 is 24.8 Å². The van der Waals surface area contributed by atoms with E-state index in [4.69, 9.17) is 26.2 Å². The quantitative estimate of drug-likeness (QED) is 0.598. The molecule has 0 saturated heterocycles. The number of hydrogen-bond donors (Lipinski definition) is 2. The van der Waals surface area contributed by atoms with Crippen LogP contribution in [-0.2, 0) is 20.5 Å². The van der Waals surface area contributed by atoms with E-state index in [0.717, 1.165) is 0 Å². The van der Waals surface area contributed by atoms with Crippen molar-refractivity contribution in [2.75, 3.05) is 32.1 Å². The molecule has 0 spiro atoms. The summed E-state index contributed by atoms with van der Waals surface area (Å²) >= 11 is 5.91. The third-order valence-electron chi connectivity index (χ3n) is 4.44. The Morgan fingerprint density at radius 1 is 1.34 bits per heavy atom. The van der Waals surface area contributed by atoms with Gasteiger partial charge >= 0.3 is 12.1 Å². The SMILES string of the molecule is COC(=O)C1=C(Nc2ccccc2Oc2ncc(C(F)(F)F)cc2Cl)C(=O)N(CCO)C1. The number of nitrogens with zero attached hydrogens (tertiary/aromatic N) is 2. The van der Waals surface area contributed by atoms with Gasteiger partial charge in [0.1, 0.15) is 10.7 Å². The van der Waals surface area contributed by atoms with E-state index in [1.54, 1.807) is 12.1 Å². The van der Waals surface area contributed by atoms with Gasteiger partial charge in [0.25, 0.3) is 5.91 Å². The largest absolute Gasteiger partial charge is 0.466 e. The lowest BCUT2D eigenvalue weighted by molar-refractivity contribution is -0.138. The highest BCUT2D eigenvalue weighted by atomic mass is 35.5. The highest BCUT2D eigenvalue weighted by molar-refractivity contribution is 6.31. The topological polar surface area (TPSA) is 101 Å². The summed E-state index contributed by atoms with van der Waals surface area (Å²) in [6, 6.07) is 6.88. The van der Waals surface area contributed by atoms with Gasteiger partial charge in [-0.25, -0.2) is 9.78 Å². The highest BCUT2D eigenvalue weighted by Gasteiger charge is 2.35. The fourth-order valence-electron chi connectivity index (χ4n) is 2.90. The van der Waals surface area contributed by atoms with Crippen LogP contribution < -0.4 is 10.1 Å². The predicted octanol–water partition coefficient (Wildman–Crippen LogP) is 3.22. The zero-order valence-electron chi connectivity index (χ0n) is 16.6. The molecule has 32 heavy (non-hydrogen) atoms. The molecule has 1 aliphatic heterocycles. The number of hydrogen-bond acceptors (Lipinski definition) is 7. The van der Waals surface area contributed by atoms with E-state index >= 15 is 0 Å². The lowest BCUT2D eigenvalue weighted by atomic mass is 10.2. The van der Waals surface area contributed by atoms with E-state index in [-0.39, 0.29) is 53.3 Å². The Kier molecular flexibility index (Phi) is 6.90. The van der Waals surface area contributed by atoms with Crippen LogP contribution in [0.3, 0.4) is 0 Å². The summed E-state index contributed by atoms with van der Waals surface area (Å²) in [6.45, 7) is -0.358. The Hall–Kier alpha value is -3.31. The minimum absolute atomic E-state index is 0.00768. The molecule has 0 saturated carbocycles.